The zero-order chi connectivity index (χ0) is 22.5. The third kappa shape index (κ3) is 5.14. The highest BCUT2D eigenvalue weighted by atomic mass is 16.5. The van der Waals surface area contributed by atoms with Gasteiger partial charge in [-0.2, -0.15) is 0 Å². The average Bonchev–Trinajstić information content (AvgIpc) is 3.61. The van der Waals surface area contributed by atoms with Crippen LogP contribution in [0.3, 0.4) is 0 Å². The summed E-state index contributed by atoms with van der Waals surface area (Å²) in [6, 6.07) is 25.3. The first-order chi connectivity index (χ1) is 16.2. The molecule has 0 saturated heterocycles. The molecule has 6 rings (SSSR count). The molecular formula is C27H20N4O2. The third-order valence-electron chi connectivity index (χ3n) is 4.97. The summed E-state index contributed by atoms with van der Waals surface area (Å²) in [7, 11) is 0. The first-order valence-corrected chi connectivity index (χ1v) is 10.4. The van der Waals surface area contributed by atoms with Crippen molar-refractivity contribution < 1.29 is 9.53 Å². The minimum Gasteiger partial charge on any atom is -0.429 e. The van der Waals surface area contributed by atoms with E-state index in [1.165, 1.54) is 0 Å². The van der Waals surface area contributed by atoms with E-state index >= 15 is 0 Å². The van der Waals surface area contributed by atoms with E-state index in [-0.39, 0.29) is 0 Å². The number of benzene rings is 1. The molecule has 5 heterocycles. The lowest BCUT2D eigenvalue weighted by atomic mass is 10.3. The summed E-state index contributed by atoms with van der Waals surface area (Å²) in [4.78, 5) is 25.8. The molecule has 6 nitrogen and oxygen atoms in total. The van der Waals surface area contributed by atoms with Crippen LogP contribution in [-0.4, -0.2) is 26.4 Å². The number of ether oxygens (including phenoxy) is 1. The number of carbonyl (C=O) groups is 1. The Morgan fingerprint density at radius 1 is 0.576 bits per heavy atom. The molecule has 2 aliphatic rings. The van der Waals surface area contributed by atoms with Gasteiger partial charge in [-0.25, -0.2) is 9.97 Å². The van der Waals surface area contributed by atoms with Gasteiger partial charge in [0.1, 0.15) is 5.75 Å². The minimum absolute atomic E-state index is 0.412. The first kappa shape index (κ1) is 20.2. The highest BCUT2D eigenvalue weighted by Crippen LogP contribution is 2.17. The van der Waals surface area contributed by atoms with Crippen molar-refractivity contribution >= 4 is 52.8 Å². The second-order valence-electron chi connectivity index (χ2n) is 7.43. The number of rotatable bonds is 2. The van der Waals surface area contributed by atoms with Crippen LogP contribution in [0.5, 0.6) is 5.75 Å². The quantitative estimate of drug-likeness (QED) is 0.335. The fraction of sp³-hybridized carbons (Fsp3) is 0. The lowest BCUT2D eigenvalue weighted by Gasteiger charge is -1.92. The van der Waals surface area contributed by atoms with Gasteiger partial charge in [0.25, 0.3) is 6.47 Å². The molecule has 0 saturated carbocycles. The molecule has 0 spiro atoms. The summed E-state index contributed by atoms with van der Waals surface area (Å²) in [5, 5.41) is 0. The summed E-state index contributed by atoms with van der Waals surface area (Å²) in [5.41, 5.74) is 7.86. The molecule has 0 amide bonds. The van der Waals surface area contributed by atoms with Crippen LogP contribution in [0.4, 0.5) is 0 Å². The van der Waals surface area contributed by atoms with E-state index in [0.717, 1.165) is 44.8 Å². The van der Waals surface area contributed by atoms with Crippen LogP contribution in [-0.2, 0) is 4.79 Å². The molecule has 3 aromatic heterocycles. The fourth-order valence-electron chi connectivity index (χ4n) is 3.50. The van der Waals surface area contributed by atoms with Crippen LogP contribution in [0.1, 0.15) is 22.8 Å². The number of nitrogens with zero attached hydrogens (tertiary/aromatic N) is 2. The molecule has 8 bridgehead atoms. The van der Waals surface area contributed by atoms with Crippen LogP contribution in [0.25, 0.3) is 46.4 Å². The van der Waals surface area contributed by atoms with Crippen LogP contribution in [0.15, 0.2) is 78.9 Å². The van der Waals surface area contributed by atoms with Crippen molar-refractivity contribution in [2.24, 2.45) is 0 Å². The molecule has 0 aliphatic carbocycles. The molecule has 0 fully saturated rings. The number of H-pyrrole nitrogens is 2. The Hall–Kier alpha value is -4.71. The van der Waals surface area contributed by atoms with E-state index in [1.807, 2.05) is 48.6 Å². The molecule has 0 unspecified atom stereocenters. The molecule has 0 radical (unpaired) electrons. The number of aromatic amines is 2. The Morgan fingerprint density at radius 2 is 1.03 bits per heavy atom. The van der Waals surface area contributed by atoms with Crippen molar-refractivity contribution in [3.8, 4) is 5.75 Å². The molecule has 2 N–H and O–H groups in total. The van der Waals surface area contributed by atoms with Gasteiger partial charge < -0.3 is 14.7 Å². The fourth-order valence-corrected chi connectivity index (χ4v) is 3.50. The van der Waals surface area contributed by atoms with Gasteiger partial charge in [0.15, 0.2) is 0 Å². The SMILES string of the molecule is C1=Cc2cc3ccc(cc4ccc(cc5nc(cc1n2)C=C5)[nH]4)[nH]3.O=COc1ccccc1. The molecule has 160 valence electrons. The molecule has 33 heavy (non-hydrogen) atoms. The van der Waals surface area contributed by atoms with Gasteiger partial charge in [-0.3, -0.25) is 4.79 Å². The van der Waals surface area contributed by atoms with Crippen molar-refractivity contribution in [3.05, 3.63) is 102 Å². The van der Waals surface area contributed by atoms with Crippen LogP contribution >= 0.6 is 0 Å². The summed E-state index contributed by atoms with van der Waals surface area (Å²) in [5.74, 6) is 0.576. The number of aromatic nitrogens is 4. The van der Waals surface area contributed by atoms with E-state index in [9.17, 15) is 4.79 Å². The van der Waals surface area contributed by atoms with Gasteiger partial charge in [-0.1, -0.05) is 18.2 Å². The second kappa shape index (κ2) is 9.20. The summed E-state index contributed by atoms with van der Waals surface area (Å²) < 4.78 is 4.53. The monoisotopic (exact) mass is 432 g/mol. The van der Waals surface area contributed by atoms with Crippen LogP contribution in [0, 0.1) is 0 Å². The van der Waals surface area contributed by atoms with Crippen molar-refractivity contribution in [3.63, 3.8) is 0 Å². The first-order valence-electron chi connectivity index (χ1n) is 10.4. The van der Waals surface area contributed by atoms with Crippen LogP contribution < -0.4 is 4.74 Å². The number of hydrogen-bond acceptors (Lipinski definition) is 4. The van der Waals surface area contributed by atoms with Crippen molar-refractivity contribution in [1.82, 2.24) is 19.9 Å². The number of fused-ring (bicyclic) bond motifs is 8. The summed E-state index contributed by atoms with van der Waals surface area (Å²) in [6.07, 6.45) is 8.05. The van der Waals surface area contributed by atoms with Crippen molar-refractivity contribution in [1.29, 1.82) is 0 Å². The van der Waals surface area contributed by atoms with Gasteiger partial charge in [0.05, 0.1) is 22.8 Å². The number of carbonyl (C=O) groups excluding carboxylic acids is 1. The lowest BCUT2D eigenvalue weighted by molar-refractivity contribution is -0.120. The third-order valence-corrected chi connectivity index (χ3v) is 4.97. The van der Waals surface area contributed by atoms with Crippen LogP contribution in [0.2, 0.25) is 0 Å². The minimum atomic E-state index is 0.412. The van der Waals surface area contributed by atoms with Gasteiger partial charge in [-0.15, -0.1) is 0 Å². The highest BCUT2D eigenvalue weighted by Gasteiger charge is 2.02. The number of nitrogens with one attached hydrogen (secondary N) is 2. The maximum absolute atomic E-state index is 9.75. The van der Waals surface area contributed by atoms with E-state index in [2.05, 4.69) is 55.0 Å². The highest BCUT2D eigenvalue weighted by molar-refractivity contribution is 5.77. The number of para-hydroxylation sites is 1. The Kier molecular flexibility index (Phi) is 5.63. The Balaban J connectivity index is 0.000000215. The number of hydrogen-bond donors (Lipinski definition) is 2. The Morgan fingerprint density at radius 3 is 1.52 bits per heavy atom. The maximum Gasteiger partial charge on any atom is 0.298 e. The van der Waals surface area contributed by atoms with Gasteiger partial charge in [0, 0.05) is 22.1 Å². The predicted octanol–water partition coefficient (Wildman–Crippen LogP) is 5.88. The van der Waals surface area contributed by atoms with Gasteiger partial charge >= 0.3 is 0 Å². The molecule has 4 aromatic rings. The van der Waals surface area contributed by atoms with E-state index in [4.69, 9.17) is 0 Å². The molecule has 1 aromatic carbocycles. The van der Waals surface area contributed by atoms with E-state index in [1.54, 1.807) is 24.3 Å². The van der Waals surface area contributed by atoms with Crippen molar-refractivity contribution in [2.75, 3.05) is 0 Å². The molecule has 0 atom stereocenters. The average molecular weight is 432 g/mol. The maximum atomic E-state index is 9.75. The van der Waals surface area contributed by atoms with E-state index in [0.29, 0.717) is 12.2 Å². The topological polar surface area (TPSA) is 83.7 Å². The standard InChI is InChI=1S/C20H14N4.C7H6O2/c1-2-14-10-16-5-6-18(23-16)12-20-8-7-19(24-20)11-17-4-3-15(22-17)9-13(1)21-14;8-6-9-7-4-2-1-3-5-7/h1-12,21-22H;1-6H. The van der Waals surface area contributed by atoms with Gasteiger partial charge in [-0.05, 0) is 85.0 Å². The largest absolute Gasteiger partial charge is 0.429 e. The predicted molar refractivity (Wildman–Crippen MR) is 132 cm³/mol. The van der Waals surface area contributed by atoms with Crippen molar-refractivity contribution in [2.45, 2.75) is 0 Å². The summed E-state index contributed by atoms with van der Waals surface area (Å²) in [6.45, 7) is 0.412. The zero-order valence-electron chi connectivity index (χ0n) is 17.6. The zero-order valence-corrected chi connectivity index (χ0v) is 17.6. The molecule has 2 aliphatic heterocycles. The molecular weight excluding hydrogens is 412 g/mol. The normalized spacial score (nSPS) is 11.5. The second-order valence-corrected chi connectivity index (χ2v) is 7.43. The van der Waals surface area contributed by atoms with Gasteiger partial charge in [0.2, 0.25) is 0 Å². The smallest absolute Gasteiger partial charge is 0.298 e. The lowest BCUT2D eigenvalue weighted by Crippen LogP contribution is -1.85. The Bertz CT molecular complexity index is 1420. The van der Waals surface area contributed by atoms with E-state index < -0.39 is 0 Å². The Labute approximate surface area is 190 Å². The molecule has 6 heteroatoms. The summed E-state index contributed by atoms with van der Waals surface area (Å²) >= 11 is 0.